The fourth-order valence-corrected chi connectivity index (χ4v) is 6.27. The number of halogens is 1. The lowest BCUT2D eigenvalue weighted by atomic mass is 9.43. The van der Waals surface area contributed by atoms with E-state index in [-0.39, 0.29) is 5.78 Å². The van der Waals surface area contributed by atoms with Gasteiger partial charge in [-0.3, -0.25) is 9.59 Å². The van der Waals surface area contributed by atoms with Gasteiger partial charge in [0.15, 0.2) is 0 Å². The van der Waals surface area contributed by atoms with Crippen LogP contribution in [-0.4, -0.2) is 16.9 Å². The minimum Gasteiger partial charge on any atom is -0.481 e. The van der Waals surface area contributed by atoms with Crippen LogP contribution in [0.3, 0.4) is 0 Å². The van der Waals surface area contributed by atoms with E-state index in [2.05, 4.69) is 15.9 Å². The molecule has 23 heavy (non-hydrogen) atoms. The minimum atomic E-state index is -0.676. The summed E-state index contributed by atoms with van der Waals surface area (Å²) in [5.41, 5.74) is -0.0107. The molecule has 4 saturated carbocycles. The molecule has 0 spiro atoms. The lowest BCUT2D eigenvalue weighted by Gasteiger charge is -2.59. The van der Waals surface area contributed by atoms with E-state index in [1.54, 1.807) is 0 Å². The number of carboxylic acid groups (broad SMARTS) is 1. The number of hydrogen-bond donors (Lipinski definition) is 1. The molecule has 0 amide bonds. The molecule has 122 valence electrons. The summed E-state index contributed by atoms with van der Waals surface area (Å²) >= 11 is 3.52. The van der Waals surface area contributed by atoms with Crippen molar-refractivity contribution in [2.45, 2.75) is 44.9 Å². The maximum absolute atomic E-state index is 13.2. The molecule has 4 heteroatoms. The van der Waals surface area contributed by atoms with Crippen molar-refractivity contribution in [3.05, 3.63) is 34.3 Å². The first-order chi connectivity index (χ1) is 10.9. The summed E-state index contributed by atoms with van der Waals surface area (Å²) in [5, 5.41) is 9.79. The molecular weight excluding hydrogens is 356 g/mol. The Balaban J connectivity index is 1.64. The predicted molar refractivity (Wildman–Crippen MR) is 90.0 cm³/mol. The second-order valence-electron chi connectivity index (χ2n) is 8.02. The van der Waals surface area contributed by atoms with Gasteiger partial charge in [-0.05, 0) is 62.0 Å². The quantitative estimate of drug-likeness (QED) is 0.854. The molecule has 2 atom stereocenters. The van der Waals surface area contributed by atoms with E-state index in [9.17, 15) is 14.7 Å². The fourth-order valence-electron chi connectivity index (χ4n) is 5.84. The van der Waals surface area contributed by atoms with E-state index >= 15 is 0 Å². The molecule has 0 heterocycles. The second-order valence-corrected chi connectivity index (χ2v) is 8.87. The summed E-state index contributed by atoms with van der Waals surface area (Å²) in [6, 6.07) is 7.84. The van der Waals surface area contributed by atoms with Crippen LogP contribution in [0.25, 0.3) is 0 Å². The Kier molecular flexibility index (Phi) is 3.45. The van der Waals surface area contributed by atoms with Crippen LogP contribution < -0.4 is 0 Å². The first-order valence-electron chi connectivity index (χ1n) is 8.43. The molecule has 3 nitrogen and oxygen atoms in total. The molecule has 2 unspecified atom stereocenters. The van der Waals surface area contributed by atoms with Gasteiger partial charge in [0, 0.05) is 16.3 Å². The minimum absolute atomic E-state index is 0.254. The number of hydrogen-bond acceptors (Lipinski definition) is 2. The fraction of sp³-hybridized carbons (Fsp3) is 0.579. The molecule has 1 aromatic rings. The van der Waals surface area contributed by atoms with E-state index in [0.717, 1.165) is 42.1 Å². The van der Waals surface area contributed by atoms with Gasteiger partial charge in [-0.1, -0.05) is 34.1 Å². The van der Waals surface area contributed by atoms with E-state index in [0.29, 0.717) is 24.7 Å². The Morgan fingerprint density at radius 3 is 2.30 bits per heavy atom. The summed E-state index contributed by atoms with van der Waals surface area (Å²) in [4.78, 5) is 25.1. The summed E-state index contributed by atoms with van der Waals surface area (Å²) in [6.45, 7) is 0. The van der Waals surface area contributed by atoms with E-state index in [1.807, 2.05) is 24.3 Å². The van der Waals surface area contributed by atoms with E-state index in [1.165, 1.54) is 0 Å². The Bertz CT molecular complexity index is 667. The SMILES string of the molecule is O=C(O)C12CC3CC(C1)CC(C(=O)Cc1ccccc1Br)(C3)C2. The van der Waals surface area contributed by atoms with Crippen molar-refractivity contribution in [3.8, 4) is 0 Å². The van der Waals surface area contributed by atoms with Crippen LogP contribution in [0.15, 0.2) is 28.7 Å². The number of carboxylic acids is 1. The van der Waals surface area contributed by atoms with Gasteiger partial charge in [0.25, 0.3) is 0 Å². The first-order valence-corrected chi connectivity index (χ1v) is 9.22. The van der Waals surface area contributed by atoms with Gasteiger partial charge >= 0.3 is 5.97 Å². The van der Waals surface area contributed by atoms with Gasteiger partial charge in [0.2, 0.25) is 0 Å². The first kappa shape index (κ1) is 15.4. The maximum Gasteiger partial charge on any atom is 0.309 e. The van der Waals surface area contributed by atoms with Crippen molar-refractivity contribution in [3.63, 3.8) is 0 Å². The van der Waals surface area contributed by atoms with Gasteiger partial charge in [-0.25, -0.2) is 0 Å². The van der Waals surface area contributed by atoms with Crippen LogP contribution in [0.1, 0.15) is 44.1 Å². The Labute approximate surface area is 144 Å². The predicted octanol–water partition coefficient (Wildman–Crippen LogP) is 4.23. The summed E-state index contributed by atoms with van der Waals surface area (Å²) in [7, 11) is 0. The van der Waals surface area contributed by atoms with Gasteiger partial charge in [-0.2, -0.15) is 0 Å². The van der Waals surface area contributed by atoms with Gasteiger partial charge in [-0.15, -0.1) is 0 Å². The van der Waals surface area contributed by atoms with Crippen molar-refractivity contribution in [1.29, 1.82) is 0 Å². The molecule has 4 aliphatic rings. The molecule has 1 N–H and O–H groups in total. The number of benzene rings is 1. The molecule has 1 aromatic carbocycles. The molecule has 4 bridgehead atoms. The van der Waals surface area contributed by atoms with Crippen LogP contribution in [0.5, 0.6) is 0 Å². The van der Waals surface area contributed by atoms with Gasteiger partial charge in [0.05, 0.1) is 5.41 Å². The zero-order chi connectivity index (χ0) is 16.2. The standard InChI is InChI=1S/C19H21BrO3/c20-15-4-2-1-3-14(15)6-16(21)18-7-12-5-13(8-18)10-19(9-12,11-18)17(22)23/h1-4,12-13H,5-11H2,(H,22,23). The second kappa shape index (κ2) is 5.17. The number of carbonyl (C=O) groups is 2. The maximum atomic E-state index is 13.2. The average Bonchev–Trinajstić information content (AvgIpc) is 2.48. The summed E-state index contributed by atoms with van der Waals surface area (Å²) in [6.07, 6.45) is 5.47. The average molecular weight is 377 g/mol. The van der Waals surface area contributed by atoms with Crippen LogP contribution >= 0.6 is 15.9 Å². The lowest BCUT2D eigenvalue weighted by molar-refractivity contribution is -0.178. The molecule has 4 fully saturated rings. The van der Waals surface area contributed by atoms with Crippen molar-refractivity contribution >= 4 is 27.7 Å². The number of rotatable bonds is 4. The van der Waals surface area contributed by atoms with E-state index in [4.69, 9.17) is 0 Å². The third-order valence-electron chi connectivity index (χ3n) is 6.42. The lowest BCUT2D eigenvalue weighted by Crippen LogP contribution is -2.57. The summed E-state index contributed by atoms with van der Waals surface area (Å²) in [5.74, 6) is 0.430. The third-order valence-corrected chi connectivity index (χ3v) is 7.19. The highest BCUT2D eigenvalue weighted by Gasteiger charge is 2.62. The number of carbonyl (C=O) groups excluding carboxylic acids is 1. The molecule has 0 radical (unpaired) electrons. The molecule has 0 aromatic heterocycles. The van der Waals surface area contributed by atoms with Crippen LogP contribution in [-0.2, 0) is 16.0 Å². The highest BCUT2D eigenvalue weighted by molar-refractivity contribution is 9.10. The Morgan fingerprint density at radius 1 is 1.09 bits per heavy atom. The van der Waals surface area contributed by atoms with Gasteiger partial charge in [0.1, 0.15) is 5.78 Å². The highest BCUT2D eigenvalue weighted by atomic mass is 79.9. The number of ketones is 1. The number of aliphatic carboxylic acids is 1. The monoisotopic (exact) mass is 376 g/mol. The molecule has 5 rings (SSSR count). The molecule has 0 saturated heterocycles. The van der Waals surface area contributed by atoms with Crippen LogP contribution in [0.4, 0.5) is 0 Å². The Hall–Kier alpha value is -1.16. The molecule has 4 aliphatic carbocycles. The smallest absolute Gasteiger partial charge is 0.309 e. The molecule has 0 aliphatic heterocycles. The third kappa shape index (κ3) is 2.37. The van der Waals surface area contributed by atoms with Gasteiger partial charge < -0.3 is 5.11 Å². The van der Waals surface area contributed by atoms with Crippen molar-refractivity contribution < 1.29 is 14.7 Å². The van der Waals surface area contributed by atoms with Crippen molar-refractivity contribution in [2.24, 2.45) is 22.7 Å². The Morgan fingerprint density at radius 2 is 1.70 bits per heavy atom. The van der Waals surface area contributed by atoms with Crippen LogP contribution in [0.2, 0.25) is 0 Å². The highest BCUT2D eigenvalue weighted by Crippen LogP contribution is 2.65. The normalized spacial score (nSPS) is 37.8. The van der Waals surface area contributed by atoms with Crippen molar-refractivity contribution in [1.82, 2.24) is 0 Å². The zero-order valence-electron chi connectivity index (χ0n) is 13.1. The van der Waals surface area contributed by atoms with E-state index < -0.39 is 16.8 Å². The molecular formula is C19H21BrO3. The summed E-state index contributed by atoms with van der Waals surface area (Å²) < 4.78 is 0.964. The topological polar surface area (TPSA) is 54.4 Å². The zero-order valence-corrected chi connectivity index (χ0v) is 14.6. The van der Waals surface area contributed by atoms with Crippen molar-refractivity contribution in [2.75, 3.05) is 0 Å². The van der Waals surface area contributed by atoms with Crippen LogP contribution in [0, 0.1) is 22.7 Å². The largest absolute Gasteiger partial charge is 0.481 e. The number of Topliss-reactive ketones (excluding diaryl/α,β-unsaturated/α-hetero) is 1.